The monoisotopic (exact) mass is 515 g/mol. The summed E-state index contributed by atoms with van der Waals surface area (Å²) >= 11 is 0. The van der Waals surface area contributed by atoms with Gasteiger partial charge in [0.1, 0.15) is 11.9 Å². The molecule has 2 unspecified atom stereocenters. The molecule has 8 nitrogen and oxygen atoms in total. The average molecular weight is 516 g/mol. The molecule has 0 saturated heterocycles. The summed E-state index contributed by atoms with van der Waals surface area (Å²) in [7, 11) is -3.46. The molecule has 0 spiro atoms. The zero-order valence-corrected chi connectivity index (χ0v) is 22.3. The molecule has 12 heteroatoms. The first-order chi connectivity index (χ1) is 15.3. The van der Waals surface area contributed by atoms with Gasteiger partial charge in [0.05, 0.1) is 13.2 Å². The van der Waals surface area contributed by atoms with Crippen LogP contribution in [-0.4, -0.2) is 46.9 Å². The highest BCUT2D eigenvalue weighted by molar-refractivity contribution is 7.54. The van der Waals surface area contributed by atoms with E-state index in [0.717, 1.165) is 5.56 Å². The first kappa shape index (κ1) is 32.5. The lowest BCUT2D eigenvalue weighted by Crippen LogP contribution is -2.53. The molecular weight excluding hydrogens is 476 g/mol. The summed E-state index contributed by atoms with van der Waals surface area (Å²) in [6, 6.07) is 3.93. The number of nitrogens with zero attached hydrogens (tertiary/aromatic N) is 1. The zero-order chi connectivity index (χ0) is 27.0. The van der Waals surface area contributed by atoms with Crippen LogP contribution >= 0.6 is 7.60 Å². The third kappa shape index (κ3) is 10.4. The predicted molar refractivity (Wildman–Crippen MR) is 122 cm³/mol. The van der Waals surface area contributed by atoms with Crippen molar-refractivity contribution in [1.29, 1.82) is 0 Å². The Labute approximate surface area is 200 Å². The second-order valence-corrected chi connectivity index (χ2v) is 11.6. The summed E-state index contributed by atoms with van der Waals surface area (Å²) in [5, 5.41) is 8.94. The number of hydrogen-bond acceptors (Lipinski definition) is 6. The molecule has 2 atom stereocenters. The van der Waals surface area contributed by atoms with Crippen LogP contribution in [0.2, 0.25) is 0 Å². The summed E-state index contributed by atoms with van der Waals surface area (Å²) in [6.07, 6.45) is -1.56. The van der Waals surface area contributed by atoms with Crippen LogP contribution in [0.15, 0.2) is 24.5 Å². The number of hydrogen-bond donors (Lipinski definition) is 1. The largest absolute Gasteiger partial charge is 0.490 e. The Morgan fingerprint density at radius 1 is 1.12 bits per heavy atom. The number of carbonyl (C=O) groups is 1. The molecule has 0 aromatic carbocycles. The second kappa shape index (κ2) is 13.0. The first-order valence-corrected chi connectivity index (χ1v) is 12.5. The van der Waals surface area contributed by atoms with Gasteiger partial charge in [-0.1, -0.05) is 20.8 Å². The minimum absolute atomic E-state index is 0.233. The standard InChI is InChI=1S/C20H37N2O4P.C2HF3O2/c1-10-24-27(23,25-11-2)18(19(4,5)6)22(20(7,8)9)26-16(3)17-13-12-14-21-15-17;3-2(4,5)1(6)7/h12-16,18H,10-11H2,1-9H3;(H,6,7)/p+1. The minimum atomic E-state index is -5.08. The number of carboxylic acids is 1. The van der Waals surface area contributed by atoms with Crippen molar-refractivity contribution >= 4 is 13.6 Å². The highest BCUT2D eigenvalue weighted by Gasteiger charge is 2.51. The maximum Gasteiger partial charge on any atom is 0.490 e. The van der Waals surface area contributed by atoms with E-state index in [1.54, 1.807) is 0 Å². The minimum Gasteiger partial charge on any atom is -0.475 e. The Balaban J connectivity index is 0.00000135. The van der Waals surface area contributed by atoms with Gasteiger partial charge in [0.25, 0.3) is 0 Å². The lowest BCUT2D eigenvalue weighted by atomic mass is 9.94. The molecular formula is C22H39F3N2O6P+. The number of halogens is 3. The molecule has 1 heterocycles. The fraction of sp³-hybridized carbons (Fsp3) is 0.727. The van der Waals surface area contributed by atoms with Gasteiger partial charge >= 0.3 is 19.7 Å². The normalized spacial score (nSPS) is 14.9. The Hall–Kier alpha value is -1.52. The Morgan fingerprint density at radius 2 is 1.59 bits per heavy atom. The van der Waals surface area contributed by atoms with E-state index in [-0.39, 0.29) is 6.10 Å². The third-order valence-corrected chi connectivity index (χ3v) is 7.11. The van der Waals surface area contributed by atoms with E-state index in [4.69, 9.17) is 23.8 Å². The molecule has 1 aromatic heterocycles. The highest BCUT2D eigenvalue weighted by atomic mass is 31.2. The van der Waals surface area contributed by atoms with Gasteiger partial charge in [-0.15, -0.1) is 0 Å². The lowest BCUT2D eigenvalue weighted by Gasteiger charge is -2.48. The Bertz CT molecular complexity index is 785. The first-order valence-electron chi connectivity index (χ1n) is 10.9. The lowest BCUT2D eigenvalue weighted by molar-refractivity contribution is -0.380. The number of H-pyrrole nitrogens is 1. The van der Waals surface area contributed by atoms with Crippen molar-refractivity contribution in [2.45, 2.75) is 85.9 Å². The van der Waals surface area contributed by atoms with Crippen LogP contribution in [-0.2, 0) is 23.2 Å². The highest BCUT2D eigenvalue weighted by Crippen LogP contribution is 2.61. The maximum absolute atomic E-state index is 13.8. The van der Waals surface area contributed by atoms with Gasteiger partial charge in [0.15, 0.2) is 12.4 Å². The van der Waals surface area contributed by atoms with Crippen molar-refractivity contribution in [3.8, 4) is 0 Å². The number of rotatable bonds is 9. The fourth-order valence-corrected chi connectivity index (χ4v) is 5.65. The number of nitrogens with one attached hydrogen (secondary N) is 1. The smallest absolute Gasteiger partial charge is 0.475 e. The van der Waals surface area contributed by atoms with Crippen molar-refractivity contribution in [2.24, 2.45) is 5.41 Å². The number of aromatic nitrogens is 1. The maximum atomic E-state index is 13.8. The molecule has 0 amide bonds. The van der Waals surface area contributed by atoms with Gasteiger partial charge in [0.2, 0.25) is 0 Å². The molecule has 0 aliphatic rings. The molecule has 0 radical (unpaired) electrons. The zero-order valence-electron chi connectivity index (χ0n) is 21.4. The van der Waals surface area contributed by atoms with Crippen LogP contribution in [0, 0.1) is 5.41 Å². The van der Waals surface area contributed by atoms with Crippen LogP contribution in [0.5, 0.6) is 0 Å². The van der Waals surface area contributed by atoms with E-state index in [0.29, 0.717) is 13.2 Å². The van der Waals surface area contributed by atoms with E-state index >= 15 is 0 Å². The van der Waals surface area contributed by atoms with Gasteiger partial charge in [0, 0.05) is 17.2 Å². The van der Waals surface area contributed by atoms with Crippen molar-refractivity contribution in [1.82, 2.24) is 5.06 Å². The number of carboxylic acid groups (broad SMARTS) is 1. The van der Waals surface area contributed by atoms with E-state index < -0.39 is 36.5 Å². The van der Waals surface area contributed by atoms with E-state index in [9.17, 15) is 17.7 Å². The van der Waals surface area contributed by atoms with Gasteiger partial charge < -0.3 is 14.2 Å². The van der Waals surface area contributed by atoms with Crippen LogP contribution in [0.3, 0.4) is 0 Å². The second-order valence-electron chi connectivity index (χ2n) is 9.50. The van der Waals surface area contributed by atoms with Crippen LogP contribution in [0.4, 0.5) is 13.2 Å². The van der Waals surface area contributed by atoms with Crippen LogP contribution < -0.4 is 4.98 Å². The summed E-state index contributed by atoms with van der Waals surface area (Å²) in [5.74, 6) is -3.33. The van der Waals surface area contributed by atoms with Crippen molar-refractivity contribution < 1.29 is 46.5 Å². The number of hydroxylamine groups is 2. The summed E-state index contributed by atoms with van der Waals surface area (Å²) in [5.41, 5.74) is 0.173. The molecule has 34 heavy (non-hydrogen) atoms. The van der Waals surface area contributed by atoms with Gasteiger partial charge in [-0.2, -0.15) is 18.2 Å². The van der Waals surface area contributed by atoms with Gasteiger partial charge in [-0.05, 0) is 53.0 Å². The molecule has 0 bridgehead atoms. The molecule has 2 N–H and O–H groups in total. The number of aromatic amines is 1. The third-order valence-electron chi connectivity index (χ3n) is 4.29. The molecule has 1 aromatic rings. The van der Waals surface area contributed by atoms with Crippen LogP contribution in [0.25, 0.3) is 0 Å². The predicted octanol–water partition coefficient (Wildman–Crippen LogP) is 5.87. The summed E-state index contributed by atoms with van der Waals surface area (Å²) in [6.45, 7) is 18.5. The summed E-state index contributed by atoms with van der Waals surface area (Å²) < 4.78 is 57.0. The SMILES string of the molecule is CCOP(=O)(OCC)C(N(OC(C)c1ccc[nH+]c1)C(C)(C)C)C(C)(C)C.O=C(O)C(F)(F)F. The van der Waals surface area contributed by atoms with Crippen molar-refractivity contribution in [2.75, 3.05) is 13.2 Å². The fourth-order valence-electron chi connectivity index (χ4n) is 2.97. The Morgan fingerprint density at radius 3 is 1.88 bits per heavy atom. The van der Waals surface area contributed by atoms with Crippen molar-refractivity contribution in [3.05, 3.63) is 30.1 Å². The molecule has 0 aliphatic heterocycles. The average Bonchev–Trinajstić information content (AvgIpc) is 2.66. The van der Waals surface area contributed by atoms with E-state index in [2.05, 4.69) is 4.98 Å². The van der Waals surface area contributed by atoms with Gasteiger partial charge in [-0.25, -0.2) is 9.78 Å². The van der Waals surface area contributed by atoms with E-state index in [1.165, 1.54) is 0 Å². The number of alkyl halides is 3. The molecule has 0 fully saturated rings. The molecule has 0 saturated carbocycles. The number of aliphatic carboxylic acids is 1. The topological polar surface area (TPSA) is 99.4 Å². The molecule has 198 valence electrons. The van der Waals surface area contributed by atoms with E-state index in [1.807, 2.05) is 91.9 Å². The van der Waals surface area contributed by atoms with Gasteiger partial charge in [-0.3, -0.25) is 9.40 Å². The van der Waals surface area contributed by atoms with Crippen LogP contribution in [0.1, 0.15) is 74.0 Å². The number of pyridine rings is 1. The Kier molecular flexibility index (Phi) is 12.4. The van der Waals surface area contributed by atoms with Crippen molar-refractivity contribution in [3.63, 3.8) is 0 Å². The molecule has 1 rings (SSSR count). The molecule has 0 aliphatic carbocycles. The summed E-state index contributed by atoms with van der Waals surface area (Å²) in [4.78, 5) is 18.4. The quantitative estimate of drug-likeness (QED) is 0.325.